The molecule has 2 aromatic heterocycles. The van der Waals surface area contributed by atoms with Gasteiger partial charge in [-0.15, -0.1) is 0 Å². The Labute approximate surface area is 134 Å². The van der Waals surface area contributed by atoms with Gasteiger partial charge in [0.15, 0.2) is 0 Å². The second-order valence-corrected chi connectivity index (χ2v) is 5.92. The zero-order chi connectivity index (χ0) is 15.5. The Kier molecular flexibility index (Phi) is 4.40. The highest BCUT2D eigenvalue weighted by Gasteiger charge is 2.28. The minimum atomic E-state index is -0.0642. The first-order chi connectivity index (χ1) is 10.6. The predicted molar refractivity (Wildman–Crippen MR) is 84.6 cm³/mol. The zero-order valence-electron chi connectivity index (χ0n) is 12.4. The molecule has 1 aliphatic rings. The van der Waals surface area contributed by atoms with Crippen LogP contribution in [0.2, 0.25) is 5.02 Å². The van der Waals surface area contributed by atoms with E-state index < -0.39 is 0 Å². The van der Waals surface area contributed by atoms with Crippen LogP contribution in [0.4, 0.5) is 5.82 Å². The summed E-state index contributed by atoms with van der Waals surface area (Å²) in [6, 6.07) is 3.67. The van der Waals surface area contributed by atoms with E-state index in [1.807, 2.05) is 19.4 Å². The average Bonchev–Trinajstić information content (AvgIpc) is 3.10. The van der Waals surface area contributed by atoms with E-state index in [0.29, 0.717) is 17.4 Å². The summed E-state index contributed by atoms with van der Waals surface area (Å²) in [6.45, 7) is 1.27. The summed E-state index contributed by atoms with van der Waals surface area (Å²) in [4.78, 5) is 18.4. The van der Waals surface area contributed by atoms with Crippen LogP contribution in [0.1, 0.15) is 24.4 Å². The van der Waals surface area contributed by atoms with E-state index in [1.165, 1.54) is 6.20 Å². The number of nitrogens with zero attached hydrogens (tertiary/aromatic N) is 4. The van der Waals surface area contributed by atoms with Crippen molar-refractivity contribution in [1.82, 2.24) is 19.7 Å². The maximum absolute atomic E-state index is 12.2. The molecule has 1 aliphatic heterocycles. The van der Waals surface area contributed by atoms with Crippen LogP contribution < -0.4 is 5.32 Å². The Morgan fingerprint density at radius 2 is 2.32 bits per heavy atom. The number of aryl methyl sites for hydroxylation is 1. The summed E-state index contributed by atoms with van der Waals surface area (Å²) in [6.07, 6.45) is 7.55. The lowest BCUT2D eigenvalue weighted by molar-refractivity contribution is -0.117. The lowest BCUT2D eigenvalue weighted by Gasteiger charge is -2.22. The molecule has 3 heterocycles. The highest BCUT2D eigenvalue weighted by atomic mass is 35.5. The Hall–Kier alpha value is -1.92. The van der Waals surface area contributed by atoms with Crippen LogP contribution in [0.15, 0.2) is 30.7 Å². The van der Waals surface area contributed by atoms with Gasteiger partial charge in [-0.05, 0) is 31.5 Å². The molecule has 1 atom stereocenters. The van der Waals surface area contributed by atoms with Gasteiger partial charge in [-0.2, -0.15) is 5.10 Å². The van der Waals surface area contributed by atoms with Gasteiger partial charge in [0, 0.05) is 31.0 Å². The van der Waals surface area contributed by atoms with Crippen molar-refractivity contribution in [3.63, 3.8) is 0 Å². The number of carbonyl (C=O) groups is 1. The third-order valence-corrected chi connectivity index (χ3v) is 4.04. The van der Waals surface area contributed by atoms with Gasteiger partial charge in [-0.3, -0.25) is 14.4 Å². The summed E-state index contributed by atoms with van der Waals surface area (Å²) in [7, 11) is 1.90. The molecule has 0 aromatic carbocycles. The first kappa shape index (κ1) is 15.0. The third-order valence-electron chi connectivity index (χ3n) is 3.81. The molecule has 116 valence electrons. The van der Waals surface area contributed by atoms with Gasteiger partial charge in [0.05, 0.1) is 17.8 Å². The Balaban J connectivity index is 1.61. The van der Waals surface area contributed by atoms with Gasteiger partial charge >= 0.3 is 0 Å². The molecule has 0 saturated carbocycles. The summed E-state index contributed by atoms with van der Waals surface area (Å²) in [5.74, 6) is 0.456. The number of amides is 1. The SMILES string of the molecule is Cn1cc([C@@H]2CCCN2CC(=O)Nc2ccc(Cl)cn2)cn1. The third kappa shape index (κ3) is 3.45. The number of rotatable bonds is 4. The smallest absolute Gasteiger partial charge is 0.239 e. The fourth-order valence-electron chi connectivity index (χ4n) is 2.82. The van der Waals surface area contributed by atoms with Gasteiger partial charge in [-0.25, -0.2) is 4.98 Å². The number of nitrogens with one attached hydrogen (secondary N) is 1. The summed E-state index contributed by atoms with van der Waals surface area (Å²) in [5, 5.41) is 7.57. The van der Waals surface area contributed by atoms with Crippen LogP contribution in [0.3, 0.4) is 0 Å². The van der Waals surface area contributed by atoms with E-state index >= 15 is 0 Å². The van der Waals surface area contributed by atoms with Crippen molar-refractivity contribution in [3.05, 3.63) is 41.3 Å². The van der Waals surface area contributed by atoms with Crippen molar-refractivity contribution in [2.24, 2.45) is 7.05 Å². The average molecular weight is 320 g/mol. The van der Waals surface area contributed by atoms with Crippen LogP contribution in [0.25, 0.3) is 0 Å². The Morgan fingerprint density at radius 1 is 1.45 bits per heavy atom. The van der Waals surface area contributed by atoms with Crippen molar-refractivity contribution in [1.29, 1.82) is 0 Å². The van der Waals surface area contributed by atoms with E-state index in [-0.39, 0.29) is 11.9 Å². The first-order valence-electron chi connectivity index (χ1n) is 7.26. The quantitative estimate of drug-likeness (QED) is 0.939. The van der Waals surface area contributed by atoms with Crippen LogP contribution in [0.5, 0.6) is 0 Å². The van der Waals surface area contributed by atoms with Crippen molar-refractivity contribution in [3.8, 4) is 0 Å². The number of hydrogen-bond acceptors (Lipinski definition) is 4. The highest BCUT2D eigenvalue weighted by Crippen LogP contribution is 2.31. The summed E-state index contributed by atoms with van der Waals surface area (Å²) >= 11 is 5.78. The predicted octanol–water partition coefficient (Wildman–Crippen LogP) is 2.24. The standard InChI is InChI=1S/C15H18ClN5O/c1-20-9-11(7-18-20)13-3-2-6-21(13)10-15(22)19-14-5-4-12(16)8-17-14/h4-5,7-9,13H,2-3,6,10H2,1H3,(H,17,19,22)/t13-/m0/s1. The number of carbonyl (C=O) groups excluding carboxylic acids is 1. The number of likely N-dealkylation sites (tertiary alicyclic amines) is 1. The second kappa shape index (κ2) is 6.46. The molecule has 0 bridgehead atoms. The van der Waals surface area contributed by atoms with Gasteiger partial charge in [0.2, 0.25) is 5.91 Å². The van der Waals surface area contributed by atoms with Crippen molar-refractivity contribution >= 4 is 23.3 Å². The molecule has 3 rings (SSSR count). The molecule has 0 radical (unpaired) electrons. The van der Waals surface area contributed by atoms with Crippen LogP contribution in [-0.4, -0.2) is 38.7 Å². The van der Waals surface area contributed by atoms with Crippen molar-refractivity contribution < 1.29 is 4.79 Å². The van der Waals surface area contributed by atoms with E-state index in [0.717, 1.165) is 24.9 Å². The van der Waals surface area contributed by atoms with Crippen LogP contribution >= 0.6 is 11.6 Å². The molecule has 6 nitrogen and oxygen atoms in total. The lowest BCUT2D eigenvalue weighted by atomic mass is 10.1. The van der Waals surface area contributed by atoms with Gasteiger partial charge in [0.1, 0.15) is 5.82 Å². The molecular formula is C15H18ClN5O. The van der Waals surface area contributed by atoms with Crippen molar-refractivity contribution in [2.75, 3.05) is 18.4 Å². The Bertz CT molecular complexity index is 654. The largest absolute Gasteiger partial charge is 0.310 e. The lowest BCUT2D eigenvalue weighted by Crippen LogP contribution is -2.33. The monoisotopic (exact) mass is 319 g/mol. The normalized spacial score (nSPS) is 18.5. The molecule has 0 spiro atoms. The molecular weight excluding hydrogens is 302 g/mol. The molecule has 22 heavy (non-hydrogen) atoms. The van der Waals surface area contributed by atoms with Crippen molar-refractivity contribution in [2.45, 2.75) is 18.9 Å². The molecule has 2 aromatic rings. The zero-order valence-corrected chi connectivity index (χ0v) is 13.1. The minimum Gasteiger partial charge on any atom is -0.310 e. The molecule has 1 N–H and O–H groups in total. The molecule has 1 amide bonds. The molecule has 7 heteroatoms. The fourth-order valence-corrected chi connectivity index (χ4v) is 2.93. The summed E-state index contributed by atoms with van der Waals surface area (Å²) in [5.41, 5.74) is 1.16. The molecule has 1 saturated heterocycles. The molecule has 0 aliphatic carbocycles. The van der Waals surface area contributed by atoms with Gasteiger partial charge in [-0.1, -0.05) is 11.6 Å². The van der Waals surface area contributed by atoms with E-state index in [9.17, 15) is 4.79 Å². The van der Waals surface area contributed by atoms with Crippen LogP contribution in [0, 0.1) is 0 Å². The first-order valence-corrected chi connectivity index (χ1v) is 7.63. The maximum atomic E-state index is 12.2. The molecule has 1 fully saturated rings. The van der Waals surface area contributed by atoms with Gasteiger partial charge in [0.25, 0.3) is 0 Å². The molecule has 0 unspecified atom stereocenters. The Morgan fingerprint density at radius 3 is 3.00 bits per heavy atom. The number of halogens is 1. The highest BCUT2D eigenvalue weighted by molar-refractivity contribution is 6.30. The van der Waals surface area contributed by atoms with Gasteiger partial charge < -0.3 is 5.32 Å². The number of hydrogen-bond donors (Lipinski definition) is 1. The minimum absolute atomic E-state index is 0.0642. The topological polar surface area (TPSA) is 63.1 Å². The number of anilines is 1. The fraction of sp³-hybridized carbons (Fsp3) is 0.400. The van der Waals surface area contributed by atoms with E-state index in [2.05, 4.69) is 20.3 Å². The summed E-state index contributed by atoms with van der Waals surface area (Å²) < 4.78 is 1.80. The van der Waals surface area contributed by atoms with E-state index in [4.69, 9.17) is 11.6 Å². The maximum Gasteiger partial charge on any atom is 0.239 e. The second-order valence-electron chi connectivity index (χ2n) is 5.49. The number of aromatic nitrogens is 3. The van der Waals surface area contributed by atoms with E-state index in [1.54, 1.807) is 16.8 Å². The number of pyridine rings is 1. The van der Waals surface area contributed by atoms with Crippen LogP contribution in [-0.2, 0) is 11.8 Å².